The van der Waals surface area contributed by atoms with Crippen LogP contribution in [0.15, 0.2) is 77.7 Å². The Balaban J connectivity index is 1.29. The lowest BCUT2D eigenvalue weighted by atomic mass is 10.0. The van der Waals surface area contributed by atoms with Crippen molar-refractivity contribution >= 4 is 21.7 Å². The van der Waals surface area contributed by atoms with Crippen LogP contribution < -0.4 is 14.9 Å². The number of carbonyl (C=O) groups excluding carboxylic acids is 1. The molecule has 1 saturated carbocycles. The second-order valence-corrected chi connectivity index (χ2v) is 10.5. The zero-order valence-electron chi connectivity index (χ0n) is 18.5. The molecule has 1 fully saturated rings. The Labute approximate surface area is 194 Å². The second kappa shape index (κ2) is 8.65. The maximum Gasteiger partial charge on any atom is 0.322 e. The monoisotopic (exact) mass is 461 g/mol. The minimum absolute atomic E-state index is 0.0369. The summed E-state index contributed by atoms with van der Waals surface area (Å²) in [5, 5.41) is 2.99. The lowest BCUT2D eigenvalue weighted by molar-refractivity contribution is 0.244. The van der Waals surface area contributed by atoms with Crippen LogP contribution in [-0.2, 0) is 23.0 Å². The number of urea groups is 1. The second-order valence-electron chi connectivity index (χ2n) is 8.83. The Kier molecular flexibility index (Phi) is 5.68. The molecule has 0 spiro atoms. The number of rotatable bonds is 6. The number of nitrogens with zero attached hydrogens (tertiary/aromatic N) is 1. The molecule has 3 aromatic carbocycles. The quantitative estimate of drug-likeness (QED) is 0.569. The normalized spacial score (nSPS) is 17.6. The Morgan fingerprint density at radius 1 is 0.970 bits per heavy atom. The molecule has 33 heavy (non-hydrogen) atoms. The number of hydrogen-bond acceptors (Lipinski definition) is 3. The number of amides is 2. The fourth-order valence-corrected chi connectivity index (χ4v) is 5.59. The number of anilines is 1. The highest BCUT2D eigenvalue weighted by Crippen LogP contribution is 2.34. The van der Waals surface area contributed by atoms with E-state index in [0.29, 0.717) is 18.7 Å². The van der Waals surface area contributed by atoms with Crippen molar-refractivity contribution in [1.29, 1.82) is 0 Å². The first kappa shape index (κ1) is 21.7. The van der Waals surface area contributed by atoms with Gasteiger partial charge in [0.05, 0.1) is 10.6 Å². The van der Waals surface area contributed by atoms with Crippen molar-refractivity contribution in [2.75, 3.05) is 4.90 Å². The summed E-state index contributed by atoms with van der Waals surface area (Å²) in [4.78, 5) is 15.0. The van der Waals surface area contributed by atoms with Crippen LogP contribution in [0.2, 0.25) is 0 Å². The molecule has 1 aliphatic carbocycles. The summed E-state index contributed by atoms with van der Waals surface area (Å²) in [5.41, 5.74) is 4.92. The predicted octanol–water partition coefficient (Wildman–Crippen LogP) is 4.46. The fourth-order valence-electron chi connectivity index (χ4n) is 4.26. The van der Waals surface area contributed by atoms with Gasteiger partial charge in [0.25, 0.3) is 0 Å². The van der Waals surface area contributed by atoms with E-state index in [4.69, 9.17) is 0 Å². The van der Waals surface area contributed by atoms with Crippen molar-refractivity contribution in [2.24, 2.45) is 0 Å². The van der Waals surface area contributed by atoms with Gasteiger partial charge in [-0.1, -0.05) is 60.7 Å². The lowest BCUT2D eigenvalue weighted by Gasteiger charge is -2.23. The van der Waals surface area contributed by atoms with Gasteiger partial charge in [0.15, 0.2) is 0 Å². The first-order chi connectivity index (χ1) is 15.9. The minimum Gasteiger partial charge on any atom is -0.334 e. The van der Waals surface area contributed by atoms with Crippen LogP contribution in [0.1, 0.15) is 30.9 Å². The molecule has 0 bridgehead atoms. The molecule has 7 heteroatoms. The third-order valence-corrected chi connectivity index (χ3v) is 7.72. The van der Waals surface area contributed by atoms with Gasteiger partial charge in [0.1, 0.15) is 0 Å². The zero-order valence-corrected chi connectivity index (χ0v) is 19.3. The Bertz CT molecular complexity index is 1270. The molecule has 1 unspecified atom stereocenters. The number of nitrogens with one attached hydrogen (secondary N) is 2. The van der Waals surface area contributed by atoms with E-state index in [1.165, 1.54) is 0 Å². The lowest BCUT2D eigenvalue weighted by Crippen LogP contribution is -2.43. The fraction of sp³-hybridized carbons (Fsp3) is 0.269. The number of sulfonamides is 1. The Hall–Kier alpha value is -3.16. The van der Waals surface area contributed by atoms with Gasteiger partial charge in [-0.25, -0.2) is 17.9 Å². The number of hydrogen-bond donors (Lipinski definition) is 2. The molecule has 6 nitrogen and oxygen atoms in total. The standard InChI is InChI=1S/C26H27N3O3S/c1-18-15-22-11-14-24(33(31,32)28-23-12-13-23)16-25(22)29(18)26(30)27-17-19-7-9-21(10-8-19)20-5-3-2-4-6-20/h2-11,14,16,18,23,28H,12-13,15,17H2,1H3,(H,27,30). The molecule has 1 heterocycles. The van der Waals surface area contributed by atoms with Crippen LogP contribution in [0.25, 0.3) is 11.1 Å². The van der Waals surface area contributed by atoms with E-state index in [1.54, 1.807) is 17.0 Å². The molecule has 1 aliphatic heterocycles. The summed E-state index contributed by atoms with van der Waals surface area (Å²) >= 11 is 0. The van der Waals surface area contributed by atoms with E-state index in [-0.39, 0.29) is 23.0 Å². The topological polar surface area (TPSA) is 78.5 Å². The molecule has 3 aromatic rings. The number of fused-ring (bicyclic) bond motifs is 1. The molecule has 2 N–H and O–H groups in total. The Morgan fingerprint density at radius 2 is 1.67 bits per heavy atom. The minimum atomic E-state index is -3.58. The summed E-state index contributed by atoms with van der Waals surface area (Å²) in [6.45, 7) is 2.37. The van der Waals surface area contributed by atoms with Crippen LogP contribution in [0.3, 0.4) is 0 Å². The van der Waals surface area contributed by atoms with E-state index in [0.717, 1.165) is 35.1 Å². The highest BCUT2D eigenvalue weighted by Gasteiger charge is 2.33. The highest BCUT2D eigenvalue weighted by molar-refractivity contribution is 7.89. The van der Waals surface area contributed by atoms with E-state index in [2.05, 4.69) is 34.3 Å². The average Bonchev–Trinajstić information content (AvgIpc) is 3.56. The molecular weight excluding hydrogens is 434 g/mol. The summed E-state index contributed by atoms with van der Waals surface area (Å²) in [6, 6.07) is 23.1. The summed E-state index contributed by atoms with van der Waals surface area (Å²) in [7, 11) is -3.58. The molecule has 1 atom stereocenters. The molecule has 2 amide bonds. The van der Waals surface area contributed by atoms with Gasteiger partial charge in [-0.05, 0) is 60.6 Å². The van der Waals surface area contributed by atoms with E-state index >= 15 is 0 Å². The molecule has 0 saturated heterocycles. The maximum absolute atomic E-state index is 13.1. The van der Waals surface area contributed by atoms with E-state index in [1.807, 2.05) is 43.3 Å². The molecular formula is C26H27N3O3S. The molecule has 0 radical (unpaired) electrons. The van der Waals surface area contributed by atoms with Gasteiger partial charge in [-0.2, -0.15) is 0 Å². The van der Waals surface area contributed by atoms with Gasteiger partial charge in [0.2, 0.25) is 10.0 Å². The molecule has 170 valence electrons. The maximum atomic E-state index is 13.1. The van der Waals surface area contributed by atoms with Crippen LogP contribution in [-0.4, -0.2) is 26.5 Å². The van der Waals surface area contributed by atoms with E-state index < -0.39 is 10.0 Å². The van der Waals surface area contributed by atoms with Crippen molar-refractivity contribution in [3.63, 3.8) is 0 Å². The van der Waals surface area contributed by atoms with Crippen LogP contribution in [0, 0.1) is 0 Å². The highest BCUT2D eigenvalue weighted by atomic mass is 32.2. The van der Waals surface area contributed by atoms with Gasteiger partial charge in [-0.3, -0.25) is 4.90 Å². The van der Waals surface area contributed by atoms with Crippen LogP contribution in [0.4, 0.5) is 10.5 Å². The molecule has 0 aromatic heterocycles. The Morgan fingerprint density at radius 3 is 2.36 bits per heavy atom. The molecule has 5 rings (SSSR count). The summed E-state index contributed by atoms with van der Waals surface area (Å²) < 4.78 is 28.0. The van der Waals surface area contributed by atoms with E-state index in [9.17, 15) is 13.2 Å². The smallest absolute Gasteiger partial charge is 0.322 e. The van der Waals surface area contributed by atoms with Gasteiger partial charge in [0, 0.05) is 18.6 Å². The number of benzene rings is 3. The van der Waals surface area contributed by atoms with Crippen molar-refractivity contribution in [3.8, 4) is 11.1 Å². The largest absolute Gasteiger partial charge is 0.334 e. The third-order valence-electron chi connectivity index (χ3n) is 6.21. The van der Waals surface area contributed by atoms with Gasteiger partial charge >= 0.3 is 6.03 Å². The first-order valence-corrected chi connectivity index (χ1v) is 12.8. The average molecular weight is 462 g/mol. The third kappa shape index (κ3) is 4.65. The van der Waals surface area contributed by atoms with Crippen molar-refractivity contribution in [3.05, 3.63) is 83.9 Å². The summed E-state index contributed by atoms with van der Waals surface area (Å²) in [5.74, 6) is 0. The SMILES string of the molecule is CC1Cc2ccc(S(=O)(=O)NC3CC3)cc2N1C(=O)NCc1ccc(-c2ccccc2)cc1. The van der Waals surface area contributed by atoms with Gasteiger partial charge < -0.3 is 5.32 Å². The van der Waals surface area contributed by atoms with Crippen molar-refractivity contribution < 1.29 is 13.2 Å². The van der Waals surface area contributed by atoms with Crippen molar-refractivity contribution in [2.45, 2.75) is 49.7 Å². The van der Waals surface area contributed by atoms with Crippen LogP contribution >= 0.6 is 0 Å². The number of carbonyl (C=O) groups is 1. The van der Waals surface area contributed by atoms with Crippen molar-refractivity contribution in [1.82, 2.24) is 10.0 Å². The van der Waals surface area contributed by atoms with Gasteiger partial charge in [-0.15, -0.1) is 0 Å². The summed E-state index contributed by atoms with van der Waals surface area (Å²) in [6.07, 6.45) is 2.45. The molecule has 2 aliphatic rings. The predicted molar refractivity (Wildman–Crippen MR) is 130 cm³/mol. The zero-order chi connectivity index (χ0) is 23.0. The van der Waals surface area contributed by atoms with Crippen LogP contribution in [0.5, 0.6) is 0 Å². The first-order valence-electron chi connectivity index (χ1n) is 11.3.